The van der Waals surface area contributed by atoms with E-state index in [0.717, 1.165) is 31.4 Å². The summed E-state index contributed by atoms with van der Waals surface area (Å²) in [5.41, 5.74) is -0.147. The lowest BCUT2D eigenvalue weighted by molar-refractivity contribution is 0.114. The minimum atomic E-state index is -1.51. The molecule has 0 heterocycles. The van der Waals surface area contributed by atoms with Gasteiger partial charge in [0.25, 0.3) is 0 Å². The predicted molar refractivity (Wildman–Crippen MR) is 53.2 cm³/mol. The first-order valence-corrected chi connectivity index (χ1v) is 5.41. The third-order valence-corrected chi connectivity index (χ3v) is 3.21. The molecule has 1 unspecified atom stereocenters. The van der Waals surface area contributed by atoms with Crippen molar-refractivity contribution in [1.82, 2.24) is 0 Å². The molecule has 0 amide bonds. The summed E-state index contributed by atoms with van der Waals surface area (Å²) in [4.78, 5) is 0. The Labute approximate surface area is 91.9 Å². The number of halogens is 3. The standard InChI is InChI=1S/C12H13F3O/c13-9-5-4-8(11(14)12(9)15)10(16)6-7-2-1-3-7/h4-5,7,10,16H,1-3,6H2. The summed E-state index contributed by atoms with van der Waals surface area (Å²) in [5.74, 6) is -3.63. The van der Waals surface area contributed by atoms with E-state index >= 15 is 0 Å². The molecule has 1 aliphatic carbocycles. The zero-order valence-corrected chi connectivity index (χ0v) is 8.72. The van der Waals surface area contributed by atoms with Gasteiger partial charge < -0.3 is 5.11 Å². The molecule has 1 fully saturated rings. The molecular formula is C12H13F3O. The Balaban J connectivity index is 2.15. The molecule has 16 heavy (non-hydrogen) atoms. The van der Waals surface area contributed by atoms with Gasteiger partial charge >= 0.3 is 0 Å². The van der Waals surface area contributed by atoms with Gasteiger partial charge in [-0.25, -0.2) is 13.2 Å². The molecule has 1 aliphatic rings. The minimum Gasteiger partial charge on any atom is -0.388 e. The predicted octanol–water partition coefficient (Wildman–Crippen LogP) is 3.33. The fourth-order valence-corrected chi connectivity index (χ4v) is 1.97. The molecule has 0 spiro atoms. The monoisotopic (exact) mass is 230 g/mol. The zero-order chi connectivity index (χ0) is 11.7. The highest BCUT2D eigenvalue weighted by atomic mass is 19.2. The van der Waals surface area contributed by atoms with Crippen molar-refractivity contribution in [3.05, 3.63) is 35.1 Å². The molecular weight excluding hydrogens is 217 g/mol. The molecule has 1 aromatic rings. The average Bonchev–Trinajstić information content (AvgIpc) is 2.20. The quantitative estimate of drug-likeness (QED) is 0.790. The second-order valence-electron chi connectivity index (χ2n) is 4.31. The fraction of sp³-hybridized carbons (Fsp3) is 0.500. The summed E-state index contributed by atoms with van der Waals surface area (Å²) in [5, 5.41) is 9.72. The van der Waals surface area contributed by atoms with Crippen molar-refractivity contribution in [3.8, 4) is 0 Å². The number of hydrogen-bond donors (Lipinski definition) is 1. The van der Waals surface area contributed by atoms with E-state index in [9.17, 15) is 18.3 Å². The van der Waals surface area contributed by atoms with Crippen LogP contribution < -0.4 is 0 Å². The van der Waals surface area contributed by atoms with Crippen molar-refractivity contribution in [2.45, 2.75) is 31.8 Å². The molecule has 88 valence electrons. The molecule has 1 nitrogen and oxygen atoms in total. The minimum absolute atomic E-state index is 0.147. The van der Waals surface area contributed by atoms with Crippen LogP contribution >= 0.6 is 0 Å². The van der Waals surface area contributed by atoms with Gasteiger partial charge in [0.05, 0.1) is 6.10 Å². The summed E-state index contributed by atoms with van der Waals surface area (Å²) < 4.78 is 38.9. The van der Waals surface area contributed by atoms with Gasteiger partial charge in [0.1, 0.15) is 0 Å². The van der Waals surface area contributed by atoms with Gasteiger partial charge in [-0.2, -0.15) is 0 Å². The zero-order valence-electron chi connectivity index (χ0n) is 8.72. The third-order valence-electron chi connectivity index (χ3n) is 3.21. The molecule has 0 aliphatic heterocycles. The van der Waals surface area contributed by atoms with E-state index in [1.807, 2.05) is 0 Å². The first-order chi connectivity index (χ1) is 7.59. The van der Waals surface area contributed by atoms with Crippen molar-refractivity contribution < 1.29 is 18.3 Å². The van der Waals surface area contributed by atoms with Crippen LogP contribution in [0.3, 0.4) is 0 Å². The Morgan fingerprint density at radius 1 is 1.19 bits per heavy atom. The molecule has 0 saturated heterocycles. The Kier molecular flexibility index (Phi) is 3.19. The van der Waals surface area contributed by atoms with Crippen LogP contribution in [-0.4, -0.2) is 5.11 Å². The van der Waals surface area contributed by atoms with Crippen molar-refractivity contribution in [1.29, 1.82) is 0 Å². The molecule has 0 aromatic heterocycles. The highest BCUT2D eigenvalue weighted by Gasteiger charge is 2.25. The van der Waals surface area contributed by atoms with Crippen LogP contribution in [0.4, 0.5) is 13.2 Å². The number of rotatable bonds is 3. The highest BCUT2D eigenvalue weighted by Crippen LogP contribution is 2.35. The van der Waals surface area contributed by atoms with E-state index in [1.54, 1.807) is 0 Å². The SMILES string of the molecule is OC(CC1CCC1)c1ccc(F)c(F)c1F. The van der Waals surface area contributed by atoms with Gasteiger partial charge in [-0.3, -0.25) is 0 Å². The van der Waals surface area contributed by atoms with Crippen LogP contribution in [0.5, 0.6) is 0 Å². The molecule has 0 bridgehead atoms. The summed E-state index contributed by atoms with van der Waals surface area (Å²) in [6.45, 7) is 0. The van der Waals surface area contributed by atoms with Crippen LogP contribution in [0.1, 0.15) is 37.4 Å². The summed E-state index contributed by atoms with van der Waals surface area (Å²) in [6.07, 6.45) is 2.53. The second-order valence-corrected chi connectivity index (χ2v) is 4.31. The molecule has 1 saturated carbocycles. The van der Waals surface area contributed by atoms with E-state index < -0.39 is 23.6 Å². The van der Waals surface area contributed by atoms with Crippen LogP contribution in [0.15, 0.2) is 12.1 Å². The second kappa shape index (κ2) is 4.45. The Bertz CT molecular complexity index is 388. The molecule has 1 N–H and O–H groups in total. The maximum atomic E-state index is 13.3. The summed E-state index contributed by atoms with van der Waals surface area (Å²) >= 11 is 0. The summed E-state index contributed by atoms with van der Waals surface area (Å²) in [7, 11) is 0. The lowest BCUT2D eigenvalue weighted by Crippen LogP contribution is -2.16. The largest absolute Gasteiger partial charge is 0.388 e. The van der Waals surface area contributed by atoms with Gasteiger partial charge in [0.15, 0.2) is 17.5 Å². The van der Waals surface area contributed by atoms with Crippen molar-refractivity contribution in [3.63, 3.8) is 0 Å². The Hall–Kier alpha value is -1.03. The Morgan fingerprint density at radius 3 is 2.44 bits per heavy atom. The lowest BCUT2D eigenvalue weighted by atomic mass is 9.80. The number of benzene rings is 1. The first kappa shape index (κ1) is 11.5. The first-order valence-electron chi connectivity index (χ1n) is 5.41. The number of aliphatic hydroxyl groups excluding tert-OH is 1. The summed E-state index contributed by atoms with van der Waals surface area (Å²) in [6, 6.07) is 1.95. The molecule has 1 aromatic carbocycles. The van der Waals surface area contributed by atoms with Gasteiger partial charge in [0, 0.05) is 5.56 Å². The molecule has 1 atom stereocenters. The Morgan fingerprint density at radius 2 is 1.88 bits per heavy atom. The van der Waals surface area contributed by atoms with E-state index in [4.69, 9.17) is 0 Å². The van der Waals surface area contributed by atoms with E-state index in [-0.39, 0.29) is 5.56 Å². The van der Waals surface area contributed by atoms with E-state index in [1.165, 1.54) is 0 Å². The van der Waals surface area contributed by atoms with Crippen LogP contribution in [0.25, 0.3) is 0 Å². The van der Waals surface area contributed by atoms with Gasteiger partial charge in [-0.1, -0.05) is 25.3 Å². The van der Waals surface area contributed by atoms with Gasteiger partial charge in [-0.05, 0) is 18.4 Å². The van der Waals surface area contributed by atoms with Gasteiger partial charge in [-0.15, -0.1) is 0 Å². The maximum Gasteiger partial charge on any atom is 0.194 e. The van der Waals surface area contributed by atoms with Crippen molar-refractivity contribution in [2.24, 2.45) is 5.92 Å². The van der Waals surface area contributed by atoms with Crippen LogP contribution in [0, 0.1) is 23.4 Å². The van der Waals surface area contributed by atoms with E-state index in [2.05, 4.69) is 0 Å². The molecule has 0 radical (unpaired) electrons. The lowest BCUT2D eigenvalue weighted by Gasteiger charge is -2.27. The van der Waals surface area contributed by atoms with Crippen molar-refractivity contribution in [2.75, 3.05) is 0 Å². The van der Waals surface area contributed by atoms with Crippen LogP contribution in [-0.2, 0) is 0 Å². The molecule has 2 rings (SSSR count). The molecule has 4 heteroatoms. The number of hydrogen-bond acceptors (Lipinski definition) is 1. The smallest absolute Gasteiger partial charge is 0.194 e. The maximum absolute atomic E-state index is 13.3. The topological polar surface area (TPSA) is 20.2 Å². The van der Waals surface area contributed by atoms with Gasteiger partial charge in [0.2, 0.25) is 0 Å². The third kappa shape index (κ3) is 2.07. The van der Waals surface area contributed by atoms with Crippen molar-refractivity contribution >= 4 is 0 Å². The fourth-order valence-electron chi connectivity index (χ4n) is 1.97. The number of aliphatic hydroxyl groups is 1. The van der Waals surface area contributed by atoms with E-state index in [0.29, 0.717) is 12.3 Å². The average molecular weight is 230 g/mol. The highest BCUT2D eigenvalue weighted by molar-refractivity contribution is 5.22. The normalized spacial score (nSPS) is 18.2. The van der Waals surface area contributed by atoms with Crippen LogP contribution in [0.2, 0.25) is 0 Å².